The Balaban J connectivity index is 1.97. The third-order valence-electron chi connectivity index (χ3n) is 4.53. The van der Waals surface area contributed by atoms with Crippen molar-refractivity contribution in [3.05, 3.63) is 29.6 Å². The van der Waals surface area contributed by atoms with E-state index in [1.54, 1.807) is 0 Å². The maximum atomic E-state index is 4.64. The van der Waals surface area contributed by atoms with Crippen LogP contribution in [0.5, 0.6) is 0 Å². The van der Waals surface area contributed by atoms with Gasteiger partial charge in [-0.2, -0.15) is 0 Å². The summed E-state index contributed by atoms with van der Waals surface area (Å²) in [7, 11) is 0. The molecule has 86 valence electrons. The lowest BCUT2D eigenvalue weighted by molar-refractivity contribution is 0.287. The number of hydrogen-bond acceptors (Lipinski definition) is 2. The third-order valence-corrected chi connectivity index (χ3v) is 4.53. The highest BCUT2D eigenvalue weighted by molar-refractivity contribution is 5.32. The Hall–Kier alpha value is -0.890. The first-order valence-corrected chi connectivity index (χ1v) is 6.54. The van der Waals surface area contributed by atoms with E-state index in [9.17, 15) is 0 Å². The summed E-state index contributed by atoms with van der Waals surface area (Å²) in [5.74, 6) is 0.649. The third kappa shape index (κ3) is 1.40. The predicted octanol–water partition coefficient (Wildman–Crippen LogP) is 2.64. The van der Waals surface area contributed by atoms with Crippen molar-refractivity contribution in [2.24, 2.45) is 0 Å². The highest BCUT2D eigenvalue weighted by Crippen LogP contribution is 2.44. The van der Waals surface area contributed by atoms with E-state index >= 15 is 0 Å². The first-order valence-electron chi connectivity index (χ1n) is 6.54. The molecule has 1 N–H and O–H groups in total. The van der Waals surface area contributed by atoms with Crippen molar-refractivity contribution in [1.29, 1.82) is 0 Å². The molecule has 1 saturated heterocycles. The second-order valence-electron chi connectivity index (χ2n) is 5.18. The molecule has 2 nitrogen and oxygen atoms in total. The van der Waals surface area contributed by atoms with Crippen LogP contribution in [0.3, 0.4) is 0 Å². The average Bonchev–Trinajstić information content (AvgIpc) is 2.96. The quantitative estimate of drug-likeness (QED) is 0.822. The fraction of sp³-hybridized carbons (Fsp3) is 0.643. The molecule has 2 unspecified atom stereocenters. The monoisotopic (exact) mass is 216 g/mol. The van der Waals surface area contributed by atoms with Crippen LogP contribution in [0.15, 0.2) is 18.3 Å². The molecule has 1 aromatic rings. The molecule has 0 bridgehead atoms. The zero-order chi connectivity index (χ0) is 11.0. The van der Waals surface area contributed by atoms with Gasteiger partial charge in [0.1, 0.15) is 0 Å². The van der Waals surface area contributed by atoms with Crippen LogP contribution in [0.1, 0.15) is 49.8 Å². The Morgan fingerprint density at radius 1 is 1.56 bits per heavy atom. The minimum absolute atomic E-state index is 0.347. The summed E-state index contributed by atoms with van der Waals surface area (Å²) in [4.78, 5) is 4.64. The Morgan fingerprint density at radius 3 is 3.25 bits per heavy atom. The SMILES string of the molecule is CCC1(C2CCc3cccnc32)CCCN1. The number of pyridine rings is 1. The van der Waals surface area contributed by atoms with Gasteiger partial charge in [-0.1, -0.05) is 13.0 Å². The zero-order valence-corrected chi connectivity index (χ0v) is 10.00. The largest absolute Gasteiger partial charge is 0.311 e. The molecular weight excluding hydrogens is 196 g/mol. The lowest BCUT2D eigenvalue weighted by Crippen LogP contribution is -2.44. The Kier molecular flexibility index (Phi) is 2.47. The van der Waals surface area contributed by atoms with E-state index in [-0.39, 0.29) is 0 Å². The Labute approximate surface area is 97.5 Å². The topological polar surface area (TPSA) is 24.9 Å². The van der Waals surface area contributed by atoms with Crippen LogP contribution in [0, 0.1) is 0 Å². The lowest BCUT2D eigenvalue weighted by atomic mass is 9.78. The maximum Gasteiger partial charge on any atom is 0.0484 e. The smallest absolute Gasteiger partial charge is 0.0484 e. The molecule has 2 heteroatoms. The minimum atomic E-state index is 0.347. The molecule has 16 heavy (non-hydrogen) atoms. The van der Waals surface area contributed by atoms with E-state index in [4.69, 9.17) is 0 Å². The highest BCUT2D eigenvalue weighted by Gasteiger charge is 2.43. The number of fused-ring (bicyclic) bond motifs is 1. The van der Waals surface area contributed by atoms with Gasteiger partial charge in [0.15, 0.2) is 0 Å². The molecule has 0 amide bonds. The number of rotatable bonds is 2. The number of nitrogens with zero attached hydrogens (tertiary/aromatic N) is 1. The number of nitrogens with one attached hydrogen (secondary N) is 1. The number of aromatic nitrogens is 1. The number of aryl methyl sites for hydroxylation is 1. The van der Waals surface area contributed by atoms with E-state index in [0.29, 0.717) is 11.5 Å². The highest BCUT2D eigenvalue weighted by atomic mass is 15.0. The van der Waals surface area contributed by atoms with Gasteiger partial charge >= 0.3 is 0 Å². The summed E-state index contributed by atoms with van der Waals surface area (Å²) in [6.07, 6.45) is 8.34. The molecule has 2 aliphatic rings. The van der Waals surface area contributed by atoms with E-state index in [1.165, 1.54) is 49.9 Å². The molecule has 2 heterocycles. The molecule has 0 saturated carbocycles. The van der Waals surface area contributed by atoms with E-state index in [2.05, 4.69) is 29.4 Å². The fourth-order valence-corrected chi connectivity index (χ4v) is 3.63. The van der Waals surface area contributed by atoms with Crippen LogP contribution in [0.25, 0.3) is 0 Å². The summed E-state index contributed by atoms with van der Waals surface area (Å²) in [5, 5.41) is 3.76. The Morgan fingerprint density at radius 2 is 2.50 bits per heavy atom. The molecular formula is C14H20N2. The van der Waals surface area contributed by atoms with Gasteiger partial charge in [-0.3, -0.25) is 4.98 Å². The van der Waals surface area contributed by atoms with Crippen LogP contribution < -0.4 is 5.32 Å². The standard InChI is InChI=1S/C14H20N2/c1-2-14(8-4-10-16-14)12-7-6-11-5-3-9-15-13(11)12/h3,5,9,12,16H,2,4,6-8,10H2,1H3. The van der Waals surface area contributed by atoms with Gasteiger partial charge in [-0.05, 0) is 50.3 Å². The molecule has 3 rings (SSSR count). The minimum Gasteiger partial charge on any atom is -0.311 e. The van der Waals surface area contributed by atoms with Crippen LogP contribution in [-0.4, -0.2) is 17.1 Å². The maximum absolute atomic E-state index is 4.64. The second kappa shape index (κ2) is 3.85. The summed E-state index contributed by atoms with van der Waals surface area (Å²) in [6.45, 7) is 3.51. The van der Waals surface area contributed by atoms with Crippen molar-refractivity contribution in [3.8, 4) is 0 Å². The van der Waals surface area contributed by atoms with Crippen molar-refractivity contribution in [1.82, 2.24) is 10.3 Å². The number of hydrogen-bond donors (Lipinski definition) is 1. The van der Waals surface area contributed by atoms with Crippen molar-refractivity contribution in [2.45, 2.75) is 50.5 Å². The predicted molar refractivity (Wildman–Crippen MR) is 65.6 cm³/mol. The first kappa shape index (κ1) is 10.3. The fourth-order valence-electron chi connectivity index (χ4n) is 3.63. The summed E-state index contributed by atoms with van der Waals surface area (Å²) in [6, 6.07) is 4.32. The molecule has 1 fully saturated rings. The molecule has 0 radical (unpaired) electrons. The van der Waals surface area contributed by atoms with Crippen LogP contribution in [-0.2, 0) is 6.42 Å². The average molecular weight is 216 g/mol. The molecule has 1 aromatic heterocycles. The van der Waals surface area contributed by atoms with Crippen LogP contribution >= 0.6 is 0 Å². The summed E-state index contributed by atoms with van der Waals surface area (Å²) >= 11 is 0. The zero-order valence-electron chi connectivity index (χ0n) is 10.00. The Bertz CT molecular complexity index is 380. The normalized spacial score (nSPS) is 32.9. The second-order valence-corrected chi connectivity index (χ2v) is 5.18. The van der Waals surface area contributed by atoms with E-state index in [0.717, 1.165) is 0 Å². The molecule has 1 aliphatic carbocycles. The summed E-state index contributed by atoms with van der Waals surface area (Å²) in [5.41, 5.74) is 3.20. The summed E-state index contributed by atoms with van der Waals surface area (Å²) < 4.78 is 0. The van der Waals surface area contributed by atoms with Gasteiger partial charge in [-0.15, -0.1) is 0 Å². The van der Waals surface area contributed by atoms with Crippen molar-refractivity contribution >= 4 is 0 Å². The van der Waals surface area contributed by atoms with Crippen molar-refractivity contribution in [2.75, 3.05) is 6.54 Å². The van der Waals surface area contributed by atoms with Gasteiger partial charge in [-0.25, -0.2) is 0 Å². The van der Waals surface area contributed by atoms with Crippen LogP contribution in [0.2, 0.25) is 0 Å². The molecule has 2 atom stereocenters. The lowest BCUT2D eigenvalue weighted by Gasteiger charge is -2.35. The van der Waals surface area contributed by atoms with E-state index < -0.39 is 0 Å². The van der Waals surface area contributed by atoms with Crippen molar-refractivity contribution in [3.63, 3.8) is 0 Å². The van der Waals surface area contributed by atoms with Gasteiger partial charge in [0.2, 0.25) is 0 Å². The molecule has 0 aromatic carbocycles. The van der Waals surface area contributed by atoms with Gasteiger partial charge in [0.05, 0.1) is 0 Å². The van der Waals surface area contributed by atoms with Gasteiger partial charge in [0, 0.05) is 23.3 Å². The first-order chi connectivity index (χ1) is 7.86. The van der Waals surface area contributed by atoms with Gasteiger partial charge in [0.25, 0.3) is 0 Å². The molecule has 1 aliphatic heterocycles. The van der Waals surface area contributed by atoms with Crippen molar-refractivity contribution < 1.29 is 0 Å². The van der Waals surface area contributed by atoms with Gasteiger partial charge < -0.3 is 5.32 Å². The molecule has 0 spiro atoms. The van der Waals surface area contributed by atoms with E-state index in [1.807, 2.05) is 6.20 Å². The van der Waals surface area contributed by atoms with Crippen LogP contribution in [0.4, 0.5) is 0 Å².